The number of amides is 1. The van der Waals surface area contributed by atoms with Crippen LogP contribution < -0.4 is 0 Å². The van der Waals surface area contributed by atoms with Gasteiger partial charge in [0.25, 0.3) is 5.91 Å². The fraction of sp³-hybridized carbons (Fsp3) is 0.278. The first-order valence-electron chi connectivity index (χ1n) is 8.09. The number of rotatable bonds is 4. The molecule has 0 bridgehead atoms. The lowest BCUT2D eigenvalue weighted by molar-refractivity contribution is 0.0718. The van der Waals surface area contributed by atoms with E-state index in [1.54, 1.807) is 28.5 Å². The van der Waals surface area contributed by atoms with E-state index in [0.29, 0.717) is 6.54 Å². The zero-order chi connectivity index (χ0) is 16.4. The van der Waals surface area contributed by atoms with Crippen molar-refractivity contribution in [2.75, 3.05) is 6.54 Å². The molecule has 122 valence electrons. The summed E-state index contributed by atoms with van der Waals surface area (Å²) in [4.78, 5) is 16.5. The molecular formula is C18H18N4OS. The van der Waals surface area contributed by atoms with Crippen molar-refractivity contribution in [1.82, 2.24) is 19.9 Å². The number of nitrogens with zero attached hydrogens (tertiary/aromatic N) is 4. The molecule has 3 aromatic rings. The molecule has 1 amide bonds. The topological polar surface area (TPSA) is 51.0 Å². The molecule has 24 heavy (non-hydrogen) atoms. The average molecular weight is 338 g/mol. The van der Waals surface area contributed by atoms with Crippen molar-refractivity contribution < 1.29 is 4.79 Å². The number of benzene rings is 1. The lowest BCUT2D eigenvalue weighted by Crippen LogP contribution is -2.38. The summed E-state index contributed by atoms with van der Waals surface area (Å²) in [5.41, 5.74) is 3.09. The maximum Gasteiger partial charge on any atom is 0.254 e. The van der Waals surface area contributed by atoms with Gasteiger partial charge in [0.15, 0.2) is 0 Å². The minimum atomic E-state index is 0.0986. The van der Waals surface area contributed by atoms with Gasteiger partial charge in [0, 0.05) is 12.1 Å². The summed E-state index contributed by atoms with van der Waals surface area (Å²) < 4.78 is 0. The van der Waals surface area contributed by atoms with E-state index in [9.17, 15) is 4.79 Å². The van der Waals surface area contributed by atoms with Gasteiger partial charge in [-0.2, -0.15) is 26.3 Å². The predicted octanol–water partition coefficient (Wildman–Crippen LogP) is 3.31. The minimum absolute atomic E-state index is 0.0986. The van der Waals surface area contributed by atoms with E-state index in [2.05, 4.69) is 27.0 Å². The Morgan fingerprint density at radius 3 is 2.62 bits per heavy atom. The smallest absolute Gasteiger partial charge is 0.254 e. The summed E-state index contributed by atoms with van der Waals surface area (Å²) in [5.74, 6) is 0.0986. The number of carbonyl (C=O) groups excluding carboxylic acids is 1. The van der Waals surface area contributed by atoms with Crippen molar-refractivity contribution in [2.24, 2.45) is 0 Å². The average Bonchev–Trinajstić information content (AvgIpc) is 3.37. The highest BCUT2D eigenvalue weighted by Gasteiger charge is 2.30. The van der Waals surface area contributed by atoms with E-state index in [0.717, 1.165) is 30.5 Å². The van der Waals surface area contributed by atoms with Gasteiger partial charge in [0.1, 0.15) is 0 Å². The molecule has 6 heteroatoms. The fourth-order valence-electron chi connectivity index (χ4n) is 3.22. The third kappa shape index (κ3) is 2.97. The Balaban J connectivity index is 1.50. The fourth-order valence-corrected chi connectivity index (χ4v) is 3.88. The van der Waals surface area contributed by atoms with Crippen LogP contribution in [0, 0.1) is 0 Å². The number of hydrogen-bond acceptors (Lipinski definition) is 4. The summed E-state index contributed by atoms with van der Waals surface area (Å²) >= 11 is 1.68. The number of likely N-dealkylation sites (tertiary alicyclic amines) is 1. The molecule has 1 aliphatic rings. The van der Waals surface area contributed by atoms with Crippen molar-refractivity contribution in [2.45, 2.75) is 25.4 Å². The van der Waals surface area contributed by atoms with Gasteiger partial charge in [0.2, 0.25) is 0 Å². The minimum Gasteiger partial charge on any atom is -0.334 e. The Kier molecular flexibility index (Phi) is 4.13. The van der Waals surface area contributed by atoms with E-state index in [4.69, 9.17) is 0 Å². The van der Waals surface area contributed by atoms with Gasteiger partial charge in [-0.3, -0.25) is 4.79 Å². The molecule has 1 fully saturated rings. The number of carbonyl (C=O) groups is 1. The van der Waals surface area contributed by atoms with Gasteiger partial charge in [0.05, 0.1) is 25.0 Å². The Morgan fingerprint density at radius 2 is 1.92 bits per heavy atom. The zero-order valence-electron chi connectivity index (χ0n) is 13.2. The molecule has 5 nitrogen and oxygen atoms in total. The van der Waals surface area contributed by atoms with Crippen molar-refractivity contribution in [3.05, 3.63) is 59.0 Å². The first-order chi connectivity index (χ1) is 11.8. The highest BCUT2D eigenvalue weighted by atomic mass is 32.1. The molecule has 1 saturated heterocycles. The van der Waals surface area contributed by atoms with Crippen molar-refractivity contribution in [3.63, 3.8) is 0 Å². The van der Waals surface area contributed by atoms with Crippen LogP contribution in [-0.4, -0.2) is 38.4 Å². The molecular weight excluding hydrogens is 320 g/mol. The Hall–Kier alpha value is -2.47. The zero-order valence-corrected chi connectivity index (χ0v) is 14.0. The second kappa shape index (κ2) is 6.57. The first-order valence-corrected chi connectivity index (χ1v) is 9.03. The summed E-state index contributed by atoms with van der Waals surface area (Å²) in [7, 11) is 0. The molecule has 3 heterocycles. The highest BCUT2D eigenvalue weighted by Crippen LogP contribution is 2.25. The van der Waals surface area contributed by atoms with Gasteiger partial charge >= 0.3 is 0 Å². The SMILES string of the molecule is O=C(c1ccc(-c2ccsc2)cc1)N1CCCC1Cn1nccn1. The molecule has 2 aromatic heterocycles. The monoisotopic (exact) mass is 338 g/mol. The van der Waals surface area contributed by atoms with Crippen LogP contribution in [0.2, 0.25) is 0 Å². The molecule has 0 N–H and O–H groups in total. The molecule has 1 aliphatic heterocycles. The molecule has 0 aliphatic carbocycles. The van der Waals surface area contributed by atoms with Crippen molar-refractivity contribution in [1.29, 1.82) is 0 Å². The van der Waals surface area contributed by atoms with Crippen molar-refractivity contribution >= 4 is 17.2 Å². The number of aromatic nitrogens is 3. The maximum absolute atomic E-state index is 12.9. The highest BCUT2D eigenvalue weighted by molar-refractivity contribution is 7.08. The molecule has 1 unspecified atom stereocenters. The Labute approximate surface area is 144 Å². The molecule has 4 rings (SSSR count). The number of hydrogen-bond donors (Lipinski definition) is 0. The van der Waals surface area contributed by atoms with Gasteiger partial charge in [-0.25, -0.2) is 0 Å². The standard InChI is InChI=1S/C18H18N4OS/c23-18(15-5-3-14(4-6-15)16-7-11-24-13-16)21-10-1-2-17(21)12-22-19-8-9-20-22/h3-9,11,13,17H,1-2,10,12H2. The lowest BCUT2D eigenvalue weighted by atomic mass is 10.1. The van der Waals surface area contributed by atoms with Gasteiger partial charge in [-0.05, 0) is 52.9 Å². The molecule has 1 aromatic carbocycles. The van der Waals surface area contributed by atoms with Crippen LogP contribution in [0.5, 0.6) is 0 Å². The van der Waals surface area contributed by atoms with E-state index < -0.39 is 0 Å². The van der Waals surface area contributed by atoms with E-state index in [1.807, 2.05) is 29.2 Å². The summed E-state index contributed by atoms with van der Waals surface area (Å²) in [6.45, 7) is 1.46. The Bertz CT molecular complexity index is 796. The maximum atomic E-state index is 12.9. The van der Waals surface area contributed by atoms with Crippen LogP contribution in [-0.2, 0) is 6.54 Å². The Morgan fingerprint density at radius 1 is 1.12 bits per heavy atom. The van der Waals surface area contributed by atoms with Crippen LogP contribution in [0.15, 0.2) is 53.5 Å². The van der Waals surface area contributed by atoms with Crippen LogP contribution in [0.3, 0.4) is 0 Å². The van der Waals surface area contributed by atoms with E-state index in [-0.39, 0.29) is 11.9 Å². The van der Waals surface area contributed by atoms with Crippen molar-refractivity contribution in [3.8, 4) is 11.1 Å². The molecule has 0 spiro atoms. The predicted molar refractivity (Wildman–Crippen MR) is 93.8 cm³/mol. The second-order valence-electron chi connectivity index (χ2n) is 5.97. The van der Waals surface area contributed by atoms with Crippen LogP contribution in [0.1, 0.15) is 23.2 Å². The summed E-state index contributed by atoms with van der Waals surface area (Å²) in [6, 6.07) is 10.2. The lowest BCUT2D eigenvalue weighted by Gasteiger charge is -2.24. The first kappa shape index (κ1) is 15.1. The van der Waals surface area contributed by atoms with E-state index in [1.165, 1.54) is 5.56 Å². The van der Waals surface area contributed by atoms with Gasteiger partial charge < -0.3 is 4.90 Å². The van der Waals surface area contributed by atoms with Crippen LogP contribution in [0.25, 0.3) is 11.1 Å². The quantitative estimate of drug-likeness (QED) is 0.733. The van der Waals surface area contributed by atoms with Gasteiger partial charge in [-0.1, -0.05) is 12.1 Å². The molecule has 1 atom stereocenters. The molecule has 0 radical (unpaired) electrons. The second-order valence-corrected chi connectivity index (χ2v) is 6.75. The largest absolute Gasteiger partial charge is 0.334 e. The van der Waals surface area contributed by atoms with Gasteiger partial charge in [-0.15, -0.1) is 0 Å². The van der Waals surface area contributed by atoms with Crippen LogP contribution >= 0.6 is 11.3 Å². The van der Waals surface area contributed by atoms with E-state index >= 15 is 0 Å². The summed E-state index contributed by atoms with van der Waals surface area (Å²) in [5, 5.41) is 12.5. The third-order valence-electron chi connectivity index (χ3n) is 4.46. The third-order valence-corrected chi connectivity index (χ3v) is 5.15. The molecule has 0 saturated carbocycles. The number of thiophene rings is 1. The normalized spacial score (nSPS) is 17.3. The summed E-state index contributed by atoms with van der Waals surface area (Å²) in [6.07, 6.45) is 5.37. The van der Waals surface area contributed by atoms with Crippen LogP contribution in [0.4, 0.5) is 0 Å².